The highest BCUT2D eigenvalue weighted by atomic mass is 16.1. The topological polar surface area (TPSA) is 70.1 Å². The van der Waals surface area contributed by atoms with E-state index in [1.165, 1.54) is 11.6 Å². The van der Waals surface area contributed by atoms with Crippen LogP contribution in [0.4, 0.5) is 5.69 Å². The van der Waals surface area contributed by atoms with Gasteiger partial charge < -0.3 is 10.6 Å². The van der Waals surface area contributed by atoms with E-state index in [2.05, 4.69) is 30.9 Å². The highest BCUT2D eigenvalue weighted by molar-refractivity contribution is 5.96. The van der Waals surface area contributed by atoms with E-state index in [-0.39, 0.29) is 11.0 Å². The lowest BCUT2D eigenvalue weighted by molar-refractivity contribution is -0.114. The summed E-state index contributed by atoms with van der Waals surface area (Å²) in [5.74, 6) is -0.708. The van der Waals surface area contributed by atoms with Crippen molar-refractivity contribution in [3.05, 3.63) is 53.3 Å². The molecule has 1 aliphatic heterocycles. The minimum Gasteiger partial charge on any atom is -0.365 e. The van der Waals surface area contributed by atoms with Gasteiger partial charge in [0.05, 0.1) is 0 Å². The van der Waals surface area contributed by atoms with Crippen molar-refractivity contribution >= 4 is 11.6 Å². The van der Waals surface area contributed by atoms with Crippen LogP contribution in [0, 0.1) is 11.3 Å². The number of nitriles is 1. The Hall–Kier alpha value is -2.54. The summed E-state index contributed by atoms with van der Waals surface area (Å²) in [5.41, 5.74) is 8.30. The lowest BCUT2D eigenvalue weighted by Crippen LogP contribution is -2.22. The molecule has 0 spiro atoms. The molecule has 0 aromatic heterocycles. The molecule has 0 saturated carbocycles. The first-order valence-electron chi connectivity index (χ1n) is 6.35. The lowest BCUT2D eigenvalue weighted by atomic mass is 9.83. The summed E-state index contributed by atoms with van der Waals surface area (Å²) in [6, 6.07) is 9.97. The number of likely N-dealkylation sites (N-methyl/N-ethyl adjacent to an activating group) is 1. The van der Waals surface area contributed by atoms with Gasteiger partial charge in [0.1, 0.15) is 11.6 Å². The van der Waals surface area contributed by atoms with E-state index in [9.17, 15) is 4.79 Å². The summed E-state index contributed by atoms with van der Waals surface area (Å²) in [7, 11) is 1.98. The number of carbonyl (C=O) groups excluding carboxylic acids is 1. The fourth-order valence-electron chi connectivity index (χ4n) is 2.64. The second kappa shape index (κ2) is 4.86. The fourth-order valence-corrected chi connectivity index (χ4v) is 2.64. The van der Waals surface area contributed by atoms with E-state index in [1.54, 1.807) is 6.08 Å². The van der Waals surface area contributed by atoms with Gasteiger partial charge in [-0.2, -0.15) is 5.26 Å². The number of para-hydroxylation sites is 1. The van der Waals surface area contributed by atoms with Gasteiger partial charge in [-0.15, -0.1) is 0 Å². The summed E-state index contributed by atoms with van der Waals surface area (Å²) < 4.78 is 0. The van der Waals surface area contributed by atoms with E-state index in [0.717, 1.165) is 11.4 Å². The fraction of sp³-hybridized carbons (Fsp3) is 0.250. The summed E-state index contributed by atoms with van der Waals surface area (Å²) in [4.78, 5) is 13.2. The third-order valence-electron chi connectivity index (χ3n) is 3.73. The molecule has 1 aromatic rings. The Morgan fingerprint density at radius 3 is 2.60 bits per heavy atom. The number of benzene rings is 1. The average Bonchev–Trinajstić information content (AvgIpc) is 2.60. The number of nitrogens with zero attached hydrogens (tertiary/aromatic N) is 2. The van der Waals surface area contributed by atoms with Crippen molar-refractivity contribution in [1.29, 1.82) is 5.26 Å². The molecule has 1 amide bonds. The first-order chi connectivity index (χ1) is 9.39. The Balaban J connectivity index is 2.51. The molecule has 0 radical (unpaired) electrons. The zero-order valence-electron chi connectivity index (χ0n) is 11.8. The summed E-state index contributed by atoms with van der Waals surface area (Å²) in [6.45, 7) is 4.23. The molecule has 102 valence electrons. The molecular weight excluding hydrogens is 250 g/mol. The molecule has 2 rings (SSSR count). The maximum atomic E-state index is 11.1. The van der Waals surface area contributed by atoms with Crippen molar-refractivity contribution in [3.8, 4) is 6.07 Å². The molecule has 0 atom stereocenters. The van der Waals surface area contributed by atoms with Crippen molar-refractivity contribution < 1.29 is 4.79 Å². The molecule has 4 heteroatoms. The number of anilines is 1. The zero-order chi connectivity index (χ0) is 14.9. The third kappa shape index (κ3) is 2.08. The van der Waals surface area contributed by atoms with Crippen molar-refractivity contribution in [1.82, 2.24) is 0 Å². The average molecular weight is 267 g/mol. The third-order valence-corrected chi connectivity index (χ3v) is 3.73. The monoisotopic (exact) mass is 267 g/mol. The predicted molar refractivity (Wildman–Crippen MR) is 78.8 cm³/mol. The first kappa shape index (κ1) is 13.9. The summed E-state index contributed by atoms with van der Waals surface area (Å²) >= 11 is 0. The van der Waals surface area contributed by atoms with Gasteiger partial charge in [0.15, 0.2) is 0 Å². The Morgan fingerprint density at radius 1 is 1.40 bits per heavy atom. The normalized spacial score (nSPS) is 18.8. The minimum absolute atomic E-state index is 0.0438. The van der Waals surface area contributed by atoms with Gasteiger partial charge in [0.25, 0.3) is 5.91 Å². The van der Waals surface area contributed by atoms with Crippen LogP contribution in [-0.4, -0.2) is 13.0 Å². The molecule has 4 nitrogen and oxygen atoms in total. The summed E-state index contributed by atoms with van der Waals surface area (Å²) in [5, 5.41) is 8.88. The van der Waals surface area contributed by atoms with E-state index >= 15 is 0 Å². The maximum absolute atomic E-state index is 11.1. The number of nitrogens with two attached hydrogens (primary N) is 1. The number of hydrogen-bond acceptors (Lipinski definition) is 3. The quantitative estimate of drug-likeness (QED) is 0.660. The Kier molecular flexibility index (Phi) is 3.37. The van der Waals surface area contributed by atoms with Crippen molar-refractivity contribution in [2.45, 2.75) is 19.3 Å². The molecule has 0 saturated heterocycles. The molecule has 2 N–H and O–H groups in total. The first-order valence-corrected chi connectivity index (χ1v) is 6.35. The summed E-state index contributed by atoms with van der Waals surface area (Å²) in [6.07, 6.45) is 3.28. The standard InChI is InChI=1S/C16H17N3O/c1-16(2)12-6-4-5-7-13(12)19(3)14(16)9-8-11(10-17)15(18)20/h4-9H,1-3H3,(H2,18,20). The molecule has 20 heavy (non-hydrogen) atoms. The van der Waals surface area contributed by atoms with Gasteiger partial charge >= 0.3 is 0 Å². The second-order valence-corrected chi connectivity index (χ2v) is 5.31. The van der Waals surface area contributed by atoms with Crippen LogP contribution < -0.4 is 10.6 Å². The Labute approximate surface area is 118 Å². The number of hydrogen-bond donors (Lipinski definition) is 1. The van der Waals surface area contributed by atoms with Crippen LogP contribution in [0.15, 0.2) is 47.7 Å². The van der Waals surface area contributed by atoms with Gasteiger partial charge in [-0.3, -0.25) is 4.79 Å². The maximum Gasteiger partial charge on any atom is 0.259 e. The molecule has 0 fully saturated rings. The van der Waals surface area contributed by atoms with E-state index in [4.69, 9.17) is 11.0 Å². The van der Waals surface area contributed by atoms with Gasteiger partial charge in [-0.25, -0.2) is 0 Å². The van der Waals surface area contributed by atoms with E-state index < -0.39 is 5.91 Å². The van der Waals surface area contributed by atoms with Crippen molar-refractivity contribution in [3.63, 3.8) is 0 Å². The lowest BCUT2D eigenvalue weighted by Gasteiger charge is -2.23. The molecule has 1 aromatic carbocycles. The number of allylic oxidation sites excluding steroid dienone is 3. The van der Waals surface area contributed by atoms with Gasteiger partial charge in [-0.05, 0) is 23.8 Å². The minimum atomic E-state index is -0.708. The van der Waals surface area contributed by atoms with Crippen LogP contribution in [0.25, 0.3) is 0 Å². The van der Waals surface area contributed by atoms with Gasteiger partial charge in [-0.1, -0.05) is 32.0 Å². The number of fused-ring (bicyclic) bond motifs is 1. The number of rotatable bonds is 2. The smallest absolute Gasteiger partial charge is 0.259 e. The van der Waals surface area contributed by atoms with E-state index in [0.29, 0.717) is 0 Å². The SMILES string of the molecule is CN1C(=CC=C(C#N)C(N)=O)C(C)(C)c2ccccc21. The van der Waals surface area contributed by atoms with Crippen LogP contribution in [0.1, 0.15) is 19.4 Å². The highest BCUT2D eigenvalue weighted by Gasteiger charge is 2.37. The number of primary amides is 1. The van der Waals surface area contributed by atoms with Crippen LogP contribution in [0.5, 0.6) is 0 Å². The highest BCUT2D eigenvalue weighted by Crippen LogP contribution is 2.46. The van der Waals surface area contributed by atoms with Crippen molar-refractivity contribution in [2.24, 2.45) is 5.73 Å². The molecular formula is C16H17N3O. The molecule has 0 aliphatic carbocycles. The largest absolute Gasteiger partial charge is 0.365 e. The van der Waals surface area contributed by atoms with E-state index in [1.807, 2.05) is 25.2 Å². The molecule has 1 heterocycles. The Morgan fingerprint density at radius 2 is 2.05 bits per heavy atom. The molecule has 0 bridgehead atoms. The Bertz CT molecular complexity index is 663. The number of carbonyl (C=O) groups is 1. The van der Waals surface area contributed by atoms with Crippen LogP contribution in [0.2, 0.25) is 0 Å². The number of amides is 1. The van der Waals surface area contributed by atoms with Crippen LogP contribution in [-0.2, 0) is 10.2 Å². The van der Waals surface area contributed by atoms with Gasteiger partial charge in [0, 0.05) is 23.8 Å². The molecule has 0 unspecified atom stereocenters. The predicted octanol–water partition coefficient (Wildman–Crippen LogP) is 2.23. The second-order valence-electron chi connectivity index (χ2n) is 5.31. The molecule has 1 aliphatic rings. The van der Waals surface area contributed by atoms with Crippen LogP contribution >= 0.6 is 0 Å². The van der Waals surface area contributed by atoms with Crippen LogP contribution in [0.3, 0.4) is 0 Å². The zero-order valence-corrected chi connectivity index (χ0v) is 11.8. The van der Waals surface area contributed by atoms with Crippen molar-refractivity contribution in [2.75, 3.05) is 11.9 Å². The van der Waals surface area contributed by atoms with Gasteiger partial charge in [0.2, 0.25) is 0 Å².